The summed E-state index contributed by atoms with van der Waals surface area (Å²) in [5, 5.41) is 0. The molecule has 1 rings (SSSR count). The molecule has 0 spiro atoms. The van der Waals surface area contributed by atoms with Crippen molar-refractivity contribution in [3.05, 3.63) is 0 Å². The Kier molecular flexibility index (Phi) is 16.0. The van der Waals surface area contributed by atoms with Crippen molar-refractivity contribution < 1.29 is 0 Å². The fourth-order valence-corrected chi connectivity index (χ4v) is 2.64. The molecule has 1 fully saturated rings. The zero-order valence-electron chi connectivity index (χ0n) is 13.7. The van der Waals surface area contributed by atoms with Crippen molar-refractivity contribution in [2.75, 3.05) is 0 Å². The Hall–Kier alpha value is 0. The first-order chi connectivity index (χ1) is 8.18. The Morgan fingerprint density at radius 3 is 2.06 bits per heavy atom. The van der Waals surface area contributed by atoms with Crippen LogP contribution in [-0.4, -0.2) is 0 Å². The average Bonchev–Trinajstić information content (AvgIpc) is 2.34. The van der Waals surface area contributed by atoms with Crippen molar-refractivity contribution in [1.29, 1.82) is 0 Å². The minimum atomic E-state index is 0.904. The van der Waals surface area contributed by atoms with Gasteiger partial charge in [-0.1, -0.05) is 87.0 Å². The number of rotatable bonds is 4. The van der Waals surface area contributed by atoms with Crippen LogP contribution in [0, 0.1) is 17.8 Å². The zero-order valence-corrected chi connectivity index (χ0v) is 13.7. The molecule has 0 amide bonds. The van der Waals surface area contributed by atoms with Crippen LogP contribution in [0.4, 0.5) is 0 Å². The van der Waals surface area contributed by atoms with Crippen LogP contribution < -0.4 is 0 Å². The van der Waals surface area contributed by atoms with Crippen LogP contribution in [0.25, 0.3) is 0 Å². The highest BCUT2D eigenvalue weighted by Gasteiger charge is 2.18. The van der Waals surface area contributed by atoms with E-state index >= 15 is 0 Å². The third-order valence-electron chi connectivity index (χ3n) is 3.44. The zero-order chi connectivity index (χ0) is 13.7. The summed E-state index contributed by atoms with van der Waals surface area (Å²) in [6.45, 7) is 15.1. The predicted molar refractivity (Wildman–Crippen MR) is 82.5 cm³/mol. The molecule has 0 N–H and O–H groups in total. The van der Waals surface area contributed by atoms with Gasteiger partial charge in [0.2, 0.25) is 0 Å². The van der Waals surface area contributed by atoms with Gasteiger partial charge in [0.15, 0.2) is 0 Å². The topological polar surface area (TPSA) is 0 Å². The van der Waals surface area contributed by atoms with Crippen LogP contribution in [-0.2, 0) is 0 Å². The van der Waals surface area contributed by atoms with Gasteiger partial charge in [0.05, 0.1) is 0 Å². The van der Waals surface area contributed by atoms with Gasteiger partial charge in [-0.2, -0.15) is 0 Å². The van der Waals surface area contributed by atoms with Gasteiger partial charge in [0.1, 0.15) is 0 Å². The summed E-state index contributed by atoms with van der Waals surface area (Å²) in [6.07, 6.45) is 10.4. The molecule has 0 nitrogen and oxygen atoms in total. The first-order valence-corrected chi connectivity index (χ1v) is 8.18. The van der Waals surface area contributed by atoms with Gasteiger partial charge in [-0.15, -0.1) is 0 Å². The second-order valence-corrected chi connectivity index (χ2v) is 5.46. The molecule has 1 aliphatic carbocycles. The Morgan fingerprint density at radius 2 is 1.59 bits per heavy atom. The van der Waals surface area contributed by atoms with Crippen molar-refractivity contribution in [1.82, 2.24) is 0 Å². The lowest BCUT2D eigenvalue weighted by Gasteiger charge is -2.26. The molecule has 0 aromatic carbocycles. The van der Waals surface area contributed by atoms with Crippen molar-refractivity contribution in [2.24, 2.45) is 17.8 Å². The Morgan fingerprint density at radius 1 is 1.00 bits per heavy atom. The summed E-state index contributed by atoms with van der Waals surface area (Å²) in [5.41, 5.74) is 0. The van der Waals surface area contributed by atoms with E-state index in [1.807, 2.05) is 27.7 Å². The molecule has 1 saturated carbocycles. The molecule has 0 saturated heterocycles. The van der Waals surface area contributed by atoms with E-state index in [0.717, 1.165) is 17.8 Å². The molecule has 106 valence electrons. The van der Waals surface area contributed by atoms with Crippen LogP contribution in [0.5, 0.6) is 0 Å². The second-order valence-electron chi connectivity index (χ2n) is 5.46. The van der Waals surface area contributed by atoms with E-state index in [4.69, 9.17) is 0 Å². The summed E-state index contributed by atoms with van der Waals surface area (Å²) in [7, 11) is 0. The maximum Gasteiger partial charge on any atom is -0.0412 e. The van der Waals surface area contributed by atoms with Gasteiger partial charge in [0, 0.05) is 0 Å². The minimum absolute atomic E-state index is 0.904. The molecular formula is C17H38. The van der Waals surface area contributed by atoms with E-state index < -0.39 is 0 Å². The van der Waals surface area contributed by atoms with Crippen molar-refractivity contribution in [2.45, 2.75) is 93.4 Å². The van der Waals surface area contributed by atoms with Gasteiger partial charge < -0.3 is 0 Å². The quantitative estimate of drug-likeness (QED) is 0.515. The standard InChI is InChI=1S/C13H26.2C2H6/c1-11(2)6-4-8-13-9-5-7-12(3)10-13;2*1-2/h11-13H,4-10H2,1-3H3;2*1-2H3. The van der Waals surface area contributed by atoms with Crippen molar-refractivity contribution in [3.8, 4) is 0 Å². The van der Waals surface area contributed by atoms with Gasteiger partial charge in [-0.3, -0.25) is 0 Å². The highest BCUT2D eigenvalue weighted by atomic mass is 14.2. The van der Waals surface area contributed by atoms with Crippen molar-refractivity contribution >= 4 is 0 Å². The molecular weight excluding hydrogens is 204 g/mol. The van der Waals surface area contributed by atoms with Crippen molar-refractivity contribution in [3.63, 3.8) is 0 Å². The van der Waals surface area contributed by atoms with E-state index in [9.17, 15) is 0 Å². The Bertz CT molecular complexity index is 126. The smallest absolute Gasteiger partial charge is 0.0412 e. The van der Waals surface area contributed by atoms with Crippen LogP contribution in [0.3, 0.4) is 0 Å². The van der Waals surface area contributed by atoms with Crippen LogP contribution in [0.2, 0.25) is 0 Å². The van der Waals surface area contributed by atoms with Gasteiger partial charge in [0.25, 0.3) is 0 Å². The lowest BCUT2D eigenvalue weighted by Crippen LogP contribution is -2.13. The van der Waals surface area contributed by atoms with Crippen LogP contribution in [0.1, 0.15) is 93.4 Å². The molecule has 2 unspecified atom stereocenters. The molecule has 0 heteroatoms. The SMILES string of the molecule is CC.CC.CC(C)CCCC1CCCC(C)C1. The Labute approximate surface area is 112 Å². The number of hydrogen-bond acceptors (Lipinski definition) is 0. The van der Waals surface area contributed by atoms with E-state index in [0.29, 0.717) is 0 Å². The van der Waals surface area contributed by atoms with Gasteiger partial charge in [-0.25, -0.2) is 0 Å². The van der Waals surface area contributed by atoms with E-state index in [2.05, 4.69) is 20.8 Å². The molecule has 0 heterocycles. The van der Waals surface area contributed by atoms with Crippen LogP contribution in [0.15, 0.2) is 0 Å². The first-order valence-electron chi connectivity index (χ1n) is 8.18. The molecule has 0 aromatic heterocycles. The molecule has 0 aromatic rings. The van der Waals surface area contributed by atoms with E-state index in [1.54, 1.807) is 0 Å². The summed E-state index contributed by atoms with van der Waals surface area (Å²) < 4.78 is 0. The third kappa shape index (κ3) is 12.2. The summed E-state index contributed by atoms with van der Waals surface area (Å²) in [5.74, 6) is 2.99. The molecule has 0 radical (unpaired) electrons. The first kappa shape index (κ1) is 19.3. The highest BCUT2D eigenvalue weighted by molar-refractivity contribution is 4.70. The summed E-state index contributed by atoms with van der Waals surface area (Å²) in [4.78, 5) is 0. The van der Waals surface area contributed by atoms with E-state index in [-0.39, 0.29) is 0 Å². The van der Waals surface area contributed by atoms with Gasteiger partial charge >= 0.3 is 0 Å². The maximum atomic E-state index is 2.43. The molecule has 1 aliphatic rings. The van der Waals surface area contributed by atoms with E-state index in [1.165, 1.54) is 44.9 Å². The lowest BCUT2D eigenvalue weighted by atomic mass is 9.80. The third-order valence-corrected chi connectivity index (χ3v) is 3.44. The average molecular weight is 242 g/mol. The fourth-order valence-electron chi connectivity index (χ4n) is 2.64. The highest BCUT2D eigenvalue weighted by Crippen LogP contribution is 2.32. The largest absolute Gasteiger partial charge is 0.0683 e. The fraction of sp³-hybridized carbons (Fsp3) is 1.00. The molecule has 0 bridgehead atoms. The minimum Gasteiger partial charge on any atom is -0.0683 e. The number of hydrogen-bond donors (Lipinski definition) is 0. The second kappa shape index (κ2) is 14.1. The van der Waals surface area contributed by atoms with Crippen LogP contribution >= 0.6 is 0 Å². The monoisotopic (exact) mass is 242 g/mol. The predicted octanol–water partition coefficient (Wildman–Crippen LogP) is 6.69. The normalized spacial score (nSPS) is 23.3. The Balaban J connectivity index is 0. The van der Waals surface area contributed by atoms with Gasteiger partial charge in [-0.05, 0) is 24.2 Å². The molecule has 0 aliphatic heterocycles. The summed E-state index contributed by atoms with van der Waals surface area (Å²) in [6, 6.07) is 0. The summed E-state index contributed by atoms with van der Waals surface area (Å²) >= 11 is 0. The molecule has 2 atom stereocenters. The molecule has 17 heavy (non-hydrogen) atoms. The lowest BCUT2D eigenvalue weighted by molar-refractivity contribution is 0.261. The maximum absolute atomic E-state index is 2.43.